The van der Waals surface area contributed by atoms with Gasteiger partial charge in [-0.1, -0.05) is 28.1 Å². The van der Waals surface area contributed by atoms with E-state index >= 15 is 0 Å². The molecule has 1 aliphatic rings. The molecule has 1 heterocycles. The molecule has 1 aromatic rings. The number of halogens is 1. The number of ether oxygens (including phenoxy) is 1. The molecule has 1 unspecified atom stereocenters. The first kappa shape index (κ1) is 13.1. The molecule has 1 aromatic carbocycles. The average molecular weight is 298 g/mol. The second-order valence-electron chi connectivity index (χ2n) is 4.55. The van der Waals surface area contributed by atoms with Crippen LogP contribution in [0.4, 0.5) is 0 Å². The molecular formula is C14H20BrNO. The van der Waals surface area contributed by atoms with Crippen molar-refractivity contribution < 1.29 is 4.74 Å². The maximum atomic E-state index is 5.95. The Morgan fingerprint density at radius 2 is 2.24 bits per heavy atom. The summed E-state index contributed by atoms with van der Waals surface area (Å²) in [6, 6.07) is 8.46. The lowest BCUT2D eigenvalue weighted by Crippen LogP contribution is -2.18. The normalized spacial score (nSPS) is 21.1. The van der Waals surface area contributed by atoms with Crippen LogP contribution in [0.25, 0.3) is 0 Å². The Hall–Kier alpha value is -0.380. The summed E-state index contributed by atoms with van der Waals surface area (Å²) in [7, 11) is 0. The summed E-state index contributed by atoms with van der Waals surface area (Å²) in [6.45, 7) is 3.08. The molecule has 3 heteroatoms. The number of nitrogens with one attached hydrogen (secondary N) is 1. The third kappa shape index (κ3) is 4.78. The smallest absolute Gasteiger partial charge is 0.0587 e. The van der Waals surface area contributed by atoms with Crippen LogP contribution in [-0.4, -0.2) is 25.8 Å². The summed E-state index contributed by atoms with van der Waals surface area (Å²) in [5, 5.41) is 3.41. The van der Waals surface area contributed by atoms with Crippen molar-refractivity contribution in [2.75, 3.05) is 19.7 Å². The van der Waals surface area contributed by atoms with Crippen LogP contribution in [0.3, 0.4) is 0 Å². The lowest BCUT2D eigenvalue weighted by molar-refractivity contribution is 0.0475. The average Bonchev–Trinajstić information content (AvgIpc) is 2.58. The first-order chi connectivity index (χ1) is 8.34. The van der Waals surface area contributed by atoms with E-state index in [1.54, 1.807) is 0 Å². The number of hydrogen-bond donors (Lipinski definition) is 1. The number of benzene rings is 1. The number of rotatable bonds is 4. The van der Waals surface area contributed by atoms with E-state index in [1.807, 2.05) is 0 Å². The van der Waals surface area contributed by atoms with Crippen molar-refractivity contribution >= 4 is 15.9 Å². The minimum absolute atomic E-state index is 0.456. The monoisotopic (exact) mass is 297 g/mol. The number of hydrogen-bond acceptors (Lipinski definition) is 2. The van der Waals surface area contributed by atoms with E-state index < -0.39 is 0 Å². The van der Waals surface area contributed by atoms with Gasteiger partial charge in [0, 0.05) is 4.47 Å². The molecule has 1 aliphatic heterocycles. The SMILES string of the molecule is Brc1cccc(CCOC2CCCNCC2)c1. The molecule has 2 nitrogen and oxygen atoms in total. The van der Waals surface area contributed by atoms with E-state index in [1.165, 1.54) is 18.4 Å². The standard InChI is InChI=1S/C14H20BrNO/c15-13-4-1-3-12(11-13)7-10-17-14-5-2-8-16-9-6-14/h1,3-4,11,14,16H,2,5-10H2. The summed E-state index contributed by atoms with van der Waals surface area (Å²) in [6.07, 6.45) is 5.05. The van der Waals surface area contributed by atoms with Crippen LogP contribution in [0.2, 0.25) is 0 Å². The van der Waals surface area contributed by atoms with Crippen molar-refractivity contribution in [3.8, 4) is 0 Å². The molecule has 1 fully saturated rings. The van der Waals surface area contributed by atoms with Gasteiger partial charge in [-0.25, -0.2) is 0 Å². The van der Waals surface area contributed by atoms with Crippen molar-refractivity contribution in [3.05, 3.63) is 34.3 Å². The highest BCUT2D eigenvalue weighted by atomic mass is 79.9. The Kier molecular flexibility index (Phi) is 5.49. The Morgan fingerprint density at radius 3 is 3.12 bits per heavy atom. The topological polar surface area (TPSA) is 21.3 Å². The Balaban J connectivity index is 1.71. The molecule has 1 N–H and O–H groups in total. The van der Waals surface area contributed by atoms with Gasteiger partial charge in [-0.05, 0) is 56.5 Å². The fourth-order valence-electron chi connectivity index (χ4n) is 2.19. The minimum atomic E-state index is 0.456. The summed E-state index contributed by atoms with van der Waals surface area (Å²) < 4.78 is 7.10. The zero-order valence-corrected chi connectivity index (χ0v) is 11.7. The van der Waals surface area contributed by atoms with Gasteiger partial charge in [-0.15, -0.1) is 0 Å². The summed E-state index contributed by atoms with van der Waals surface area (Å²) in [5.41, 5.74) is 1.34. The van der Waals surface area contributed by atoms with Gasteiger partial charge in [-0.3, -0.25) is 0 Å². The molecule has 0 bridgehead atoms. The van der Waals surface area contributed by atoms with Crippen molar-refractivity contribution in [1.82, 2.24) is 5.32 Å². The Bertz CT molecular complexity index is 335. The molecular weight excluding hydrogens is 278 g/mol. The summed E-state index contributed by atoms with van der Waals surface area (Å²) in [4.78, 5) is 0. The van der Waals surface area contributed by atoms with E-state index in [4.69, 9.17) is 4.74 Å². The van der Waals surface area contributed by atoms with Gasteiger partial charge in [0.2, 0.25) is 0 Å². The zero-order chi connectivity index (χ0) is 11.9. The van der Waals surface area contributed by atoms with Gasteiger partial charge in [0.05, 0.1) is 12.7 Å². The van der Waals surface area contributed by atoms with E-state index in [2.05, 4.69) is 45.5 Å². The molecule has 1 atom stereocenters. The van der Waals surface area contributed by atoms with Gasteiger partial charge < -0.3 is 10.1 Å². The second kappa shape index (κ2) is 7.14. The largest absolute Gasteiger partial charge is 0.378 e. The van der Waals surface area contributed by atoms with Crippen LogP contribution < -0.4 is 5.32 Å². The fraction of sp³-hybridized carbons (Fsp3) is 0.571. The lowest BCUT2D eigenvalue weighted by Gasteiger charge is -2.14. The third-order valence-electron chi connectivity index (χ3n) is 3.16. The molecule has 94 valence electrons. The molecule has 2 rings (SSSR count). The van der Waals surface area contributed by atoms with Gasteiger partial charge in [0.1, 0.15) is 0 Å². The van der Waals surface area contributed by atoms with E-state index in [9.17, 15) is 0 Å². The molecule has 0 amide bonds. The maximum absolute atomic E-state index is 5.95. The molecule has 0 aliphatic carbocycles. The zero-order valence-electron chi connectivity index (χ0n) is 10.1. The lowest BCUT2D eigenvalue weighted by atomic mass is 10.1. The van der Waals surface area contributed by atoms with Crippen LogP contribution in [-0.2, 0) is 11.2 Å². The van der Waals surface area contributed by atoms with Crippen molar-refractivity contribution in [2.45, 2.75) is 31.8 Å². The Morgan fingerprint density at radius 1 is 1.29 bits per heavy atom. The predicted molar refractivity (Wildman–Crippen MR) is 74.3 cm³/mol. The van der Waals surface area contributed by atoms with Crippen LogP contribution >= 0.6 is 15.9 Å². The van der Waals surface area contributed by atoms with Crippen molar-refractivity contribution in [1.29, 1.82) is 0 Å². The van der Waals surface area contributed by atoms with Crippen LogP contribution in [0.1, 0.15) is 24.8 Å². The quantitative estimate of drug-likeness (QED) is 0.922. The summed E-state index contributed by atoms with van der Waals surface area (Å²) >= 11 is 3.49. The predicted octanol–water partition coefficient (Wildman–Crippen LogP) is 3.15. The van der Waals surface area contributed by atoms with Crippen molar-refractivity contribution in [2.24, 2.45) is 0 Å². The van der Waals surface area contributed by atoms with E-state index in [0.717, 1.165) is 37.0 Å². The molecule has 1 saturated heterocycles. The highest BCUT2D eigenvalue weighted by molar-refractivity contribution is 9.10. The molecule has 0 radical (unpaired) electrons. The van der Waals surface area contributed by atoms with Gasteiger partial charge >= 0.3 is 0 Å². The first-order valence-electron chi connectivity index (χ1n) is 6.41. The maximum Gasteiger partial charge on any atom is 0.0587 e. The van der Waals surface area contributed by atoms with Gasteiger partial charge in [0.15, 0.2) is 0 Å². The fourth-order valence-corrected chi connectivity index (χ4v) is 2.64. The highest BCUT2D eigenvalue weighted by Crippen LogP contribution is 2.14. The molecule has 17 heavy (non-hydrogen) atoms. The Labute approximate surface area is 112 Å². The molecule has 0 aromatic heterocycles. The van der Waals surface area contributed by atoms with Gasteiger partial charge in [-0.2, -0.15) is 0 Å². The van der Waals surface area contributed by atoms with Gasteiger partial charge in [0.25, 0.3) is 0 Å². The first-order valence-corrected chi connectivity index (χ1v) is 7.20. The highest BCUT2D eigenvalue weighted by Gasteiger charge is 2.11. The minimum Gasteiger partial charge on any atom is -0.378 e. The molecule has 0 spiro atoms. The van der Waals surface area contributed by atoms with E-state index in [0.29, 0.717) is 6.10 Å². The summed E-state index contributed by atoms with van der Waals surface area (Å²) in [5.74, 6) is 0. The van der Waals surface area contributed by atoms with Crippen molar-refractivity contribution in [3.63, 3.8) is 0 Å². The molecule has 0 saturated carbocycles. The third-order valence-corrected chi connectivity index (χ3v) is 3.65. The second-order valence-corrected chi connectivity index (χ2v) is 5.47. The van der Waals surface area contributed by atoms with Crippen LogP contribution in [0, 0.1) is 0 Å². The van der Waals surface area contributed by atoms with Crippen LogP contribution in [0.5, 0.6) is 0 Å². The van der Waals surface area contributed by atoms with E-state index in [-0.39, 0.29) is 0 Å². The van der Waals surface area contributed by atoms with Crippen LogP contribution in [0.15, 0.2) is 28.7 Å².